The van der Waals surface area contributed by atoms with Gasteiger partial charge in [-0.3, -0.25) is 0 Å². The zero-order valence-electron chi connectivity index (χ0n) is 7.85. The van der Waals surface area contributed by atoms with Crippen LogP contribution in [0.2, 0.25) is 5.28 Å². The third-order valence-corrected chi connectivity index (χ3v) is 4.62. The Hall–Kier alpha value is -0.720. The number of nitrogens with one attached hydrogen (secondary N) is 1. The third kappa shape index (κ3) is 2.11. The van der Waals surface area contributed by atoms with E-state index in [1.807, 2.05) is 0 Å². The Morgan fingerprint density at radius 1 is 1.53 bits per heavy atom. The molecule has 1 atom stereocenters. The molecule has 1 saturated heterocycles. The van der Waals surface area contributed by atoms with E-state index in [1.54, 1.807) is 0 Å². The fourth-order valence-electron chi connectivity index (χ4n) is 1.54. The monoisotopic (exact) mass is 247 g/mol. The van der Waals surface area contributed by atoms with E-state index in [1.165, 1.54) is 12.3 Å². The third-order valence-electron chi connectivity index (χ3n) is 2.35. The fourth-order valence-corrected chi connectivity index (χ4v) is 3.31. The minimum atomic E-state index is -3.36. The van der Waals surface area contributed by atoms with E-state index in [9.17, 15) is 8.42 Å². The highest BCUT2D eigenvalue weighted by Gasteiger charge is 2.31. The number of rotatable bonds is 2. The summed E-state index contributed by atoms with van der Waals surface area (Å²) in [5.41, 5.74) is 0. The van der Waals surface area contributed by atoms with Gasteiger partial charge in [-0.15, -0.1) is 0 Å². The van der Waals surface area contributed by atoms with Crippen molar-refractivity contribution in [2.24, 2.45) is 0 Å². The van der Waals surface area contributed by atoms with Gasteiger partial charge in [-0.05, 0) is 30.6 Å². The molecular formula is C8H10ClN3O2S. The molecule has 0 saturated carbocycles. The molecule has 7 heteroatoms. The molecule has 0 bridgehead atoms. The van der Waals surface area contributed by atoms with Gasteiger partial charge in [0.05, 0.1) is 5.25 Å². The molecule has 0 aromatic carbocycles. The van der Waals surface area contributed by atoms with Gasteiger partial charge < -0.3 is 5.32 Å². The van der Waals surface area contributed by atoms with E-state index in [0.717, 1.165) is 6.54 Å². The van der Waals surface area contributed by atoms with Crippen molar-refractivity contribution in [1.82, 2.24) is 15.3 Å². The van der Waals surface area contributed by atoms with Crippen molar-refractivity contribution in [2.45, 2.75) is 16.7 Å². The molecule has 15 heavy (non-hydrogen) atoms. The number of aromatic nitrogens is 2. The second-order valence-corrected chi connectivity index (χ2v) is 5.84. The minimum Gasteiger partial charge on any atom is -0.315 e. The molecule has 5 nitrogen and oxygen atoms in total. The Morgan fingerprint density at radius 3 is 2.93 bits per heavy atom. The maximum atomic E-state index is 12.0. The molecule has 1 fully saturated rings. The first-order valence-electron chi connectivity index (χ1n) is 4.54. The van der Waals surface area contributed by atoms with Crippen molar-refractivity contribution in [3.63, 3.8) is 0 Å². The van der Waals surface area contributed by atoms with Crippen LogP contribution >= 0.6 is 11.6 Å². The van der Waals surface area contributed by atoms with Gasteiger partial charge in [-0.2, -0.15) is 0 Å². The molecule has 82 valence electrons. The molecular weight excluding hydrogens is 238 g/mol. The van der Waals surface area contributed by atoms with Crippen LogP contribution in [0.4, 0.5) is 0 Å². The van der Waals surface area contributed by atoms with Gasteiger partial charge in [0.1, 0.15) is 0 Å². The largest absolute Gasteiger partial charge is 0.315 e. The fraction of sp³-hybridized carbons (Fsp3) is 0.500. The van der Waals surface area contributed by atoms with Crippen molar-refractivity contribution in [1.29, 1.82) is 0 Å². The van der Waals surface area contributed by atoms with E-state index in [0.29, 0.717) is 13.0 Å². The van der Waals surface area contributed by atoms with E-state index in [4.69, 9.17) is 11.6 Å². The highest BCUT2D eigenvalue weighted by Crippen LogP contribution is 2.18. The predicted octanol–water partition coefficient (Wildman–Crippen LogP) is 0.266. The van der Waals surface area contributed by atoms with E-state index in [-0.39, 0.29) is 10.3 Å². The number of hydrogen-bond donors (Lipinski definition) is 1. The van der Waals surface area contributed by atoms with Crippen LogP contribution in [0.1, 0.15) is 6.42 Å². The normalized spacial score (nSPS) is 21.8. The molecule has 0 spiro atoms. The van der Waals surface area contributed by atoms with Gasteiger partial charge in [0.15, 0.2) is 14.9 Å². The summed E-state index contributed by atoms with van der Waals surface area (Å²) < 4.78 is 24.0. The van der Waals surface area contributed by atoms with Crippen LogP contribution in [0.25, 0.3) is 0 Å². The summed E-state index contributed by atoms with van der Waals surface area (Å²) in [5, 5.41) is 2.58. The first-order valence-corrected chi connectivity index (χ1v) is 6.46. The Bertz CT molecular complexity index is 457. The second kappa shape index (κ2) is 4.03. The van der Waals surface area contributed by atoms with Gasteiger partial charge in [0, 0.05) is 12.7 Å². The second-order valence-electron chi connectivity index (χ2n) is 3.32. The van der Waals surface area contributed by atoms with E-state index < -0.39 is 15.1 Å². The van der Waals surface area contributed by atoms with Gasteiger partial charge >= 0.3 is 0 Å². The average molecular weight is 248 g/mol. The molecule has 1 aromatic heterocycles. The summed E-state index contributed by atoms with van der Waals surface area (Å²) in [6.07, 6.45) is 1.97. The maximum absolute atomic E-state index is 12.0. The molecule has 1 unspecified atom stereocenters. The summed E-state index contributed by atoms with van der Waals surface area (Å²) in [6.45, 7) is 1.20. The number of sulfone groups is 1. The van der Waals surface area contributed by atoms with Crippen LogP contribution in [0.3, 0.4) is 0 Å². The molecule has 2 heterocycles. The quantitative estimate of drug-likeness (QED) is 0.600. The first-order chi connectivity index (χ1) is 7.10. The minimum absolute atomic E-state index is 0.0104. The van der Waals surface area contributed by atoms with Crippen LogP contribution in [-0.2, 0) is 9.84 Å². The molecule has 1 aliphatic rings. The zero-order chi connectivity index (χ0) is 10.9. The van der Waals surface area contributed by atoms with Crippen LogP contribution in [0.15, 0.2) is 17.3 Å². The lowest BCUT2D eigenvalue weighted by atomic mass is 10.4. The summed E-state index contributed by atoms with van der Waals surface area (Å²) in [6, 6.07) is 1.37. The van der Waals surface area contributed by atoms with Crippen molar-refractivity contribution in [3.8, 4) is 0 Å². The lowest BCUT2D eigenvalue weighted by Crippen LogP contribution is -2.24. The van der Waals surface area contributed by atoms with Crippen molar-refractivity contribution in [3.05, 3.63) is 17.5 Å². The van der Waals surface area contributed by atoms with Crippen LogP contribution in [-0.4, -0.2) is 36.7 Å². The van der Waals surface area contributed by atoms with Crippen molar-refractivity contribution in [2.75, 3.05) is 13.1 Å². The molecule has 1 aromatic rings. The first kappa shape index (κ1) is 10.8. The molecule has 0 aliphatic carbocycles. The Balaban J connectivity index is 2.36. The Morgan fingerprint density at radius 2 is 2.33 bits per heavy atom. The SMILES string of the molecule is O=S(=O)(c1ccnc(Cl)n1)C1CCNC1. The molecule has 0 radical (unpaired) electrons. The van der Waals surface area contributed by atoms with Crippen LogP contribution < -0.4 is 5.32 Å². The summed E-state index contributed by atoms with van der Waals surface area (Å²) >= 11 is 5.56. The highest BCUT2D eigenvalue weighted by molar-refractivity contribution is 7.92. The summed E-state index contributed by atoms with van der Waals surface area (Å²) in [5.74, 6) is 0. The maximum Gasteiger partial charge on any atom is 0.223 e. The number of nitrogens with zero attached hydrogens (tertiary/aromatic N) is 2. The lowest BCUT2D eigenvalue weighted by molar-refractivity contribution is 0.578. The Labute approximate surface area is 92.8 Å². The predicted molar refractivity (Wildman–Crippen MR) is 55.5 cm³/mol. The molecule has 1 aliphatic heterocycles. The Kier molecular flexibility index (Phi) is 2.90. The smallest absolute Gasteiger partial charge is 0.223 e. The van der Waals surface area contributed by atoms with Crippen LogP contribution in [0.5, 0.6) is 0 Å². The topological polar surface area (TPSA) is 72.0 Å². The van der Waals surface area contributed by atoms with E-state index in [2.05, 4.69) is 15.3 Å². The van der Waals surface area contributed by atoms with Gasteiger partial charge in [0.25, 0.3) is 0 Å². The molecule has 0 amide bonds. The highest BCUT2D eigenvalue weighted by atomic mass is 35.5. The van der Waals surface area contributed by atoms with Gasteiger partial charge in [-0.1, -0.05) is 0 Å². The summed E-state index contributed by atoms with van der Waals surface area (Å²) in [4.78, 5) is 7.38. The average Bonchev–Trinajstić information content (AvgIpc) is 2.71. The molecule has 2 rings (SSSR count). The lowest BCUT2D eigenvalue weighted by Gasteiger charge is -2.08. The van der Waals surface area contributed by atoms with Crippen molar-refractivity contribution < 1.29 is 8.42 Å². The zero-order valence-corrected chi connectivity index (χ0v) is 9.42. The number of halogens is 1. The summed E-state index contributed by atoms with van der Waals surface area (Å²) in [7, 11) is -3.36. The standard InChI is InChI=1S/C8H10ClN3O2S/c9-8-11-4-2-7(12-8)15(13,14)6-1-3-10-5-6/h2,4,6,10H,1,3,5H2. The molecule has 1 N–H and O–H groups in total. The van der Waals surface area contributed by atoms with Gasteiger partial charge in [0.2, 0.25) is 5.28 Å². The van der Waals surface area contributed by atoms with Crippen LogP contribution in [0, 0.1) is 0 Å². The van der Waals surface area contributed by atoms with Gasteiger partial charge in [-0.25, -0.2) is 18.4 Å². The van der Waals surface area contributed by atoms with E-state index >= 15 is 0 Å². The van der Waals surface area contributed by atoms with Crippen molar-refractivity contribution >= 4 is 21.4 Å². The number of hydrogen-bond acceptors (Lipinski definition) is 5.